The van der Waals surface area contributed by atoms with Crippen LogP contribution in [0.5, 0.6) is 0 Å². The quantitative estimate of drug-likeness (QED) is 0.586. The average molecular weight is 364 g/mol. The average Bonchev–Trinajstić information content (AvgIpc) is 2.88. The number of nitrogens with one attached hydrogen (secondary N) is 2. The maximum absolute atomic E-state index is 5.91. The van der Waals surface area contributed by atoms with E-state index in [1.54, 1.807) is 14.2 Å². The molecular weight excluding hydrogens is 338 g/mol. The molecule has 0 fully saturated rings. The van der Waals surface area contributed by atoms with Gasteiger partial charge in [0.2, 0.25) is 0 Å². The summed E-state index contributed by atoms with van der Waals surface area (Å²) in [4.78, 5) is 4.27. The van der Waals surface area contributed by atoms with Crippen LogP contribution in [0.25, 0.3) is 0 Å². The van der Waals surface area contributed by atoms with Crippen molar-refractivity contribution >= 4 is 17.6 Å². The fourth-order valence-electron chi connectivity index (χ4n) is 2.57. The molecule has 7 heteroatoms. The molecule has 1 heterocycles. The van der Waals surface area contributed by atoms with Crippen LogP contribution in [0.15, 0.2) is 29.3 Å². The first-order valence-electron chi connectivity index (χ1n) is 8.26. The number of aryl methyl sites for hydroxylation is 1. The SMILES string of the molecule is CN=C(NCc1ccc(Cl)cc1)NCc1c(C)nn(CCOC)c1C. The smallest absolute Gasteiger partial charge is 0.191 e. The Hall–Kier alpha value is -2.05. The molecule has 2 N–H and O–H groups in total. The summed E-state index contributed by atoms with van der Waals surface area (Å²) in [5.74, 6) is 0.749. The van der Waals surface area contributed by atoms with Crippen molar-refractivity contribution in [3.63, 3.8) is 0 Å². The van der Waals surface area contributed by atoms with E-state index in [0.29, 0.717) is 19.7 Å². The van der Waals surface area contributed by atoms with Crippen molar-refractivity contribution < 1.29 is 4.74 Å². The zero-order valence-electron chi connectivity index (χ0n) is 15.3. The second-order valence-electron chi connectivity index (χ2n) is 5.77. The van der Waals surface area contributed by atoms with Gasteiger partial charge in [0.05, 0.1) is 18.8 Å². The number of benzene rings is 1. The molecule has 1 aromatic heterocycles. The summed E-state index contributed by atoms with van der Waals surface area (Å²) in [6.07, 6.45) is 0. The van der Waals surface area contributed by atoms with Gasteiger partial charge in [-0.2, -0.15) is 5.10 Å². The van der Waals surface area contributed by atoms with Gasteiger partial charge < -0.3 is 15.4 Å². The van der Waals surface area contributed by atoms with Crippen molar-refractivity contribution in [3.05, 3.63) is 51.8 Å². The van der Waals surface area contributed by atoms with E-state index in [2.05, 4.69) is 27.6 Å². The van der Waals surface area contributed by atoms with E-state index in [1.807, 2.05) is 35.9 Å². The summed E-state index contributed by atoms with van der Waals surface area (Å²) in [5.41, 5.74) is 4.50. The highest BCUT2D eigenvalue weighted by Crippen LogP contribution is 2.13. The predicted octanol–water partition coefficient (Wildman–Crippen LogP) is 2.66. The highest BCUT2D eigenvalue weighted by molar-refractivity contribution is 6.30. The van der Waals surface area contributed by atoms with Gasteiger partial charge in [0, 0.05) is 43.5 Å². The summed E-state index contributed by atoms with van der Waals surface area (Å²) in [6, 6.07) is 7.76. The van der Waals surface area contributed by atoms with Crippen molar-refractivity contribution in [1.29, 1.82) is 0 Å². The van der Waals surface area contributed by atoms with E-state index >= 15 is 0 Å². The van der Waals surface area contributed by atoms with Crippen LogP contribution in [-0.2, 0) is 24.4 Å². The van der Waals surface area contributed by atoms with Gasteiger partial charge in [0.1, 0.15) is 0 Å². The lowest BCUT2D eigenvalue weighted by Gasteiger charge is -2.12. The first kappa shape index (κ1) is 19.3. The Labute approximate surface area is 154 Å². The summed E-state index contributed by atoms with van der Waals surface area (Å²) in [5, 5.41) is 12.0. The summed E-state index contributed by atoms with van der Waals surface area (Å²) < 4.78 is 7.12. The van der Waals surface area contributed by atoms with E-state index in [1.165, 1.54) is 5.56 Å². The lowest BCUT2D eigenvalue weighted by molar-refractivity contribution is 0.182. The molecule has 25 heavy (non-hydrogen) atoms. The number of hydrogen-bond acceptors (Lipinski definition) is 3. The van der Waals surface area contributed by atoms with Crippen molar-refractivity contribution in [1.82, 2.24) is 20.4 Å². The molecule has 0 amide bonds. The minimum Gasteiger partial charge on any atom is -0.383 e. The van der Waals surface area contributed by atoms with Crippen LogP contribution in [0.1, 0.15) is 22.5 Å². The molecule has 1 aromatic carbocycles. The minimum atomic E-state index is 0.652. The standard InChI is InChI=1S/C18H26ClN5O/c1-13-17(14(2)24(23-13)9-10-25-4)12-22-18(20-3)21-11-15-5-7-16(19)8-6-15/h5-8H,9-12H2,1-4H3,(H2,20,21,22). The van der Waals surface area contributed by atoms with Gasteiger partial charge in [0.25, 0.3) is 0 Å². The van der Waals surface area contributed by atoms with Crippen molar-refractivity contribution in [2.45, 2.75) is 33.5 Å². The third-order valence-electron chi connectivity index (χ3n) is 4.07. The maximum Gasteiger partial charge on any atom is 0.191 e. The molecule has 0 atom stereocenters. The van der Waals surface area contributed by atoms with Crippen LogP contribution in [0.4, 0.5) is 0 Å². The Morgan fingerprint density at radius 2 is 1.88 bits per heavy atom. The molecule has 0 aliphatic rings. The van der Waals surface area contributed by atoms with Crippen molar-refractivity contribution in [2.75, 3.05) is 20.8 Å². The molecule has 2 rings (SSSR count). The fourth-order valence-corrected chi connectivity index (χ4v) is 2.69. The van der Waals surface area contributed by atoms with Crippen LogP contribution >= 0.6 is 11.6 Å². The number of ether oxygens (including phenoxy) is 1. The van der Waals surface area contributed by atoms with E-state index < -0.39 is 0 Å². The molecule has 136 valence electrons. The van der Waals surface area contributed by atoms with E-state index in [-0.39, 0.29) is 0 Å². The van der Waals surface area contributed by atoms with Gasteiger partial charge in [-0.05, 0) is 31.5 Å². The number of aliphatic imine (C=N–C) groups is 1. The molecule has 0 saturated carbocycles. The van der Waals surface area contributed by atoms with E-state index in [9.17, 15) is 0 Å². The van der Waals surface area contributed by atoms with Crippen LogP contribution in [-0.4, -0.2) is 36.5 Å². The molecular formula is C18H26ClN5O. The lowest BCUT2D eigenvalue weighted by Crippen LogP contribution is -2.36. The fraction of sp³-hybridized carbons (Fsp3) is 0.444. The number of nitrogens with zero attached hydrogens (tertiary/aromatic N) is 3. The monoisotopic (exact) mass is 363 g/mol. The van der Waals surface area contributed by atoms with Crippen molar-refractivity contribution in [2.24, 2.45) is 4.99 Å². The molecule has 0 bridgehead atoms. The van der Waals surface area contributed by atoms with Gasteiger partial charge in [-0.3, -0.25) is 9.67 Å². The zero-order valence-corrected chi connectivity index (χ0v) is 16.0. The molecule has 0 radical (unpaired) electrons. The number of methoxy groups -OCH3 is 1. The Bertz CT molecular complexity index is 709. The Balaban J connectivity index is 1.92. The van der Waals surface area contributed by atoms with E-state index in [4.69, 9.17) is 16.3 Å². The normalized spacial score (nSPS) is 11.6. The number of guanidine groups is 1. The molecule has 2 aromatic rings. The van der Waals surface area contributed by atoms with Gasteiger partial charge in [-0.1, -0.05) is 23.7 Å². The first-order valence-corrected chi connectivity index (χ1v) is 8.63. The largest absolute Gasteiger partial charge is 0.383 e. The van der Waals surface area contributed by atoms with Gasteiger partial charge in [0.15, 0.2) is 5.96 Å². The van der Waals surface area contributed by atoms with E-state index in [0.717, 1.165) is 34.5 Å². The number of hydrogen-bond donors (Lipinski definition) is 2. The third kappa shape index (κ3) is 5.47. The molecule has 0 saturated heterocycles. The van der Waals surface area contributed by atoms with Gasteiger partial charge >= 0.3 is 0 Å². The van der Waals surface area contributed by atoms with Gasteiger partial charge in [-0.15, -0.1) is 0 Å². The van der Waals surface area contributed by atoms with Gasteiger partial charge in [-0.25, -0.2) is 0 Å². The highest BCUT2D eigenvalue weighted by Gasteiger charge is 2.11. The Morgan fingerprint density at radius 1 is 1.20 bits per heavy atom. The van der Waals surface area contributed by atoms with Crippen LogP contribution in [0.3, 0.4) is 0 Å². The molecule has 0 aliphatic heterocycles. The second-order valence-corrected chi connectivity index (χ2v) is 6.21. The molecule has 6 nitrogen and oxygen atoms in total. The summed E-state index contributed by atoms with van der Waals surface area (Å²) in [6.45, 7) is 6.87. The number of rotatable bonds is 7. The Morgan fingerprint density at radius 3 is 2.52 bits per heavy atom. The third-order valence-corrected chi connectivity index (χ3v) is 4.32. The number of halogens is 1. The number of aromatic nitrogens is 2. The summed E-state index contributed by atoms with van der Waals surface area (Å²) in [7, 11) is 3.46. The molecule has 0 unspecified atom stereocenters. The highest BCUT2D eigenvalue weighted by atomic mass is 35.5. The molecule has 0 spiro atoms. The summed E-state index contributed by atoms with van der Waals surface area (Å²) >= 11 is 5.91. The Kier molecular flexibility index (Phi) is 7.28. The zero-order chi connectivity index (χ0) is 18.2. The molecule has 0 aliphatic carbocycles. The van der Waals surface area contributed by atoms with Crippen LogP contribution in [0, 0.1) is 13.8 Å². The minimum absolute atomic E-state index is 0.652. The van der Waals surface area contributed by atoms with Crippen LogP contribution in [0.2, 0.25) is 5.02 Å². The first-order chi connectivity index (χ1) is 12.0. The van der Waals surface area contributed by atoms with Crippen LogP contribution < -0.4 is 10.6 Å². The second kappa shape index (κ2) is 9.44. The lowest BCUT2D eigenvalue weighted by atomic mass is 10.2. The predicted molar refractivity (Wildman–Crippen MR) is 102 cm³/mol. The topological polar surface area (TPSA) is 63.5 Å². The van der Waals surface area contributed by atoms with Crippen molar-refractivity contribution in [3.8, 4) is 0 Å². The maximum atomic E-state index is 5.91.